The van der Waals surface area contributed by atoms with Crippen LogP contribution in [0.2, 0.25) is 0 Å². The van der Waals surface area contributed by atoms with Crippen molar-refractivity contribution in [3.05, 3.63) is 69.3 Å². The van der Waals surface area contributed by atoms with Gasteiger partial charge >= 0.3 is 0 Å². The Hall–Kier alpha value is -1.40. The van der Waals surface area contributed by atoms with Crippen molar-refractivity contribution in [1.29, 1.82) is 0 Å². The zero-order chi connectivity index (χ0) is 15.9. The number of hydrogen-bond donors (Lipinski definition) is 2. The highest BCUT2D eigenvalue weighted by molar-refractivity contribution is 14.1. The maximum absolute atomic E-state index is 12.3. The van der Waals surface area contributed by atoms with E-state index in [1.165, 1.54) is 10.5 Å². The van der Waals surface area contributed by atoms with Gasteiger partial charge in [0, 0.05) is 15.6 Å². The number of benzene rings is 2. The van der Waals surface area contributed by atoms with Crippen molar-refractivity contribution >= 4 is 28.5 Å². The summed E-state index contributed by atoms with van der Waals surface area (Å²) >= 11 is 2.22. The summed E-state index contributed by atoms with van der Waals surface area (Å²) in [6, 6.07) is 18.4. The molecule has 22 heavy (non-hydrogen) atoms. The molecule has 2 aromatic carbocycles. The van der Waals surface area contributed by atoms with Crippen LogP contribution in [-0.2, 0) is 6.42 Å². The molecule has 0 fully saturated rings. The van der Waals surface area contributed by atoms with Gasteiger partial charge in [0.2, 0.25) is 0 Å². The van der Waals surface area contributed by atoms with Crippen LogP contribution in [-0.4, -0.2) is 32.6 Å². The van der Waals surface area contributed by atoms with Crippen LogP contribution in [0.5, 0.6) is 0 Å². The summed E-state index contributed by atoms with van der Waals surface area (Å²) in [5.41, 5.74) is 2.02. The van der Waals surface area contributed by atoms with Gasteiger partial charge in [0.15, 0.2) is 0 Å². The van der Waals surface area contributed by atoms with Gasteiger partial charge in [0.1, 0.15) is 6.04 Å². The number of hydrogen-bond acceptors (Lipinski definition) is 1. The third kappa shape index (κ3) is 5.10. The van der Waals surface area contributed by atoms with Gasteiger partial charge < -0.3 is 10.2 Å². The number of quaternary nitrogens is 1. The van der Waals surface area contributed by atoms with Crippen LogP contribution < -0.4 is 10.2 Å². The van der Waals surface area contributed by atoms with Gasteiger partial charge in [-0.2, -0.15) is 0 Å². The van der Waals surface area contributed by atoms with Gasteiger partial charge in [-0.15, -0.1) is 0 Å². The highest BCUT2D eigenvalue weighted by atomic mass is 127. The average molecular weight is 409 g/mol. The smallest absolute Gasteiger partial charge is 0.251 e. The average Bonchev–Trinajstić information content (AvgIpc) is 2.51. The summed E-state index contributed by atoms with van der Waals surface area (Å²) in [5, 5.41) is 3.06. The first-order chi connectivity index (χ1) is 10.6. The number of rotatable bonds is 6. The fourth-order valence-electron chi connectivity index (χ4n) is 2.33. The lowest BCUT2D eigenvalue weighted by Crippen LogP contribution is -3.11. The summed E-state index contributed by atoms with van der Waals surface area (Å²) in [4.78, 5) is 13.6. The van der Waals surface area contributed by atoms with E-state index < -0.39 is 0 Å². The Kier molecular flexibility index (Phi) is 6.39. The predicted octanol–water partition coefficient (Wildman–Crippen LogP) is 1.78. The Morgan fingerprint density at radius 3 is 2.50 bits per heavy atom. The van der Waals surface area contributed by atoms with Gasteiger partial charge in [-0.1, -0.05) is 36.4 Å². The first-order valence-electron chi connectivity index (χ1n) is 7.44. The topological polar surface area (TPSA) is 33.5 Å². The minimum absolute atomic E-state index is 0.00201. The highest BCUT2D eigenvalue weighted by Crippen LogP contribution is 2.07. The Labute approximate surface area is 145 Å². The normalized spacial score (nSPS) is 12.2. The fraction of sp³-hybridized carbons (Fsp3) is 0.278. The molecular weight excluding hydrogens is 387 g/mol. The molecule has 0 unspecified atom stereocenters. The number of carbonyl (C=O) groups excluding carboxylic acids is 1. The standard InChI is InChI=1S/C18H21IN2O/c1-21(2)17(11-14-7-4-3-5-8-14)13-20-18(22)15-9-6-10-16(19)12-15/h3-10,12,17H,11,13H2,1-2H3,(H,20,22)/p+1/t17-/m1/s1. The molecule has 4 heteroatoms. The lowest BCUT2D eigenvalue weighted by Gasteiger charge is -2.22. The lowest BCUT2D eigenvalue weighted by molar-refractivity contribution is -0.884. The minimum atomic E-state index is -0.00201. The lowest BCUT2D eigenvalue weighted by atomic mass is 10.1. The SMILES string of the molecule is C[NH+](C)[C@@H](CNC(=O)c1cccc(I)c1)Cc1ccccc1. The third-order valence-corrected chi connectivity index (χ3v) is 4.41. The van der Waals surface area contributed by atoms with E-state index in [0.29, 0.717) is 12.6 Å². The molecule has 0 heterocycles. The molecule has 0 spiro atoms. The molecule has 116 valence electrons. The Morgan fingerprint density at radius 2 is 1.86 bits per heavy atom. The summed E-state index contributed by atoms with van der Waals surface area (Å²) in [6.45, 7) is 0.668. The summed E-state index contributed by atoms with van der Waals surface area (Å²) in [6.07, 6.45) is 0.954. The molecule has 0 aromatic heterocycles. The van der Waals surface area contributed by atoms with E-state index in [1.54, 1.807) is 0 Å². The highest BCUT2D eigenvalue weighted by Gasteiger charge is 2.17. The first kappa shape index (κ1) is 17.0. The van der Waals surface area contributed by atoms with Crippen molar-refractivity contribution in [1.82, 2.24) is 5.32 Å². The van der Waals surface area contributed by atoms with E-state index in [2.05, 4.69) is 66.3 Å². The van der Waals surface area contributed by atoms with E-state index in [0.717, 1.165) is 15.6 Å². The van der Waals surface area contributed by atoms with Gasteiger partial charge in [-0.05, 0) is 46.4 Å². The number of carbonyl (C=O) groups is 1. The Morgan fingerprint density at radius 1 is 1.14 bits per heavy atom. The maximum Gasteiger partial charge on any atom is 0.251 e. The van der Waals surface area contributed by atoms with E-state index >= 15 is 0 Å². The van der Waals surface area contributed by atoms with Crippen LogP contribution >= 0.6 is 22.6 Å². The van der Waals surface area contributed by atoms with Crippen molar-refractivity contribution in [3.8, 4) is 0 Å². The van der Waals surface area contributed by atoms with E-state index in [9.17, 15) is 4.79 Å². The molecule has 0 radical (unpaired) electrons. The van der Waals surface area contributed by atoms with E-state index in [4.69, 9.17) is 0 Å². The van der Waals surface area contributed by atoms with E-state index in [-0.39, 0.29) is 5.91 Å². The van der Waals surface area contributed by atoms with Crippen LogP contribution in [0.1, 0.15) is 15.9 Å². The molecule has 0 saturated carbocycles. The van der Waals surface area contributed by atoms with Crippen molar-refractivity contribution in [2.45, 2.75) is 12.5 Å². The summed E-state index contributed by atoms with van der Waals surface area (Å²) in [5.74, 6) is -0.00201. The van der Waals surface area contributed by atoms with Gasteiger partial charge in [0.05, 0.1) is 20.6 Å². The maximum atomic E-state index is 12.3. The molecule has 2 N–H and O–H groups in total. The third-order valence-electron chi connectivity index (χ3n) is 3.74. The molecule has 1 atom stereocenters. The molecule has 0 saturated heterocycles. The number of nitrogens with one attached hydrogen (secondary N) is 2. The van der Waals surface area contributed by atoms with Crippen molar-refractivity contribution in [2.24, 2.45) is 0 Å². The molecule has 2 rings (SSSR count). The summed E-state index contributed by atoms with van der Waals surface area (Å²) in [7, 11) is 4.26. The summed E-state index contributed by atoms with van der Waals surface area (Å²) < 4.78 is 1.07. The largest absolute Gasteiger partial charge is 0.346 e. The van der Waals surface area contributed by atoms with Gasteiger partial charge in [-0.3, -0.25) is 4.79 Å². The van der Waals surface area contributed by atoms with Crippen molar-refractivity contribution in [2.75, 3.05) is 20.6 Å². The van der Waals surface area contributed by atoms with Gasteiger partial charge in [-0.25, -0.2) is 0 Å². The van der Waals surface area contributed by atoms with Crippen LogP contribution in [0.25, 0.3) is 0 Å². The second-order valence-corrected chi connectivity index (χ2v) is 6.93. The molecule has 0 bridgehead atoms. The van der Waals surface area contributed by atoms with Crippen LogP contribution in [0.3, 0.4) is 0 Å². The van der Waals surface area contributed by atoms with E-state index in [1.807, 2.05) is 30.3 Å². The monoisotopic (exact) mass is 409 g/mol. The predicted molar refractivity (Wildman–Crippen MR) is 98.2 cm³/mol. The zero-order valence-corrected chi connectivity index (χ0v) is 15.1. The zero-order valence-electron chi connectivity index (χ0n) is 13.0. The number of halogens is 1. The molecule has 1 amide bonds. The number of likely N-dealkylation sites (N-methyl/N-ethyl adjacent to an activating group) is 1. The Bertz CT molecular complexity index is 613. The van der Waals surface area contributed by atoms with Gasteiger partial charge in [0.25, 0.3) is 5.91 Å². The first-order valence-corrected chi connectivity index (χ1v) is 8.52. The van der Waals surface area contributed by atoms with Crippen molar-refractivity contribution < 1.29 is 9.69 Å². The number of amides is 1. The second-order valence-electron chi connectivity index (χ2n) is 5.68. The molecule has 0 aliphatic carbocycles. The Balaban J connectivity index is 1.96. The van der Waals surface area contributed by atoms with Crippen LogP contribution in [0, 0.1) is 3.57 Å². The second kappa shape index (κ2) is 8.29. The fourth-order valence-corrected chi connectivity index (χ4v) is 2.87. The molecule has 0 aliphatic heterocycles. The molecule has 2 aromatic rings. The minimum Gasteiger partial charge on any atom is -0.346 e. The van der Waals surface area contributed by atoms with Crippen LogP contribution in [0.4, 0.5) is 0 Å². The van der Waals surface area contributed by atoms with Crippen LogP contribution in [0.15, 0.2) is 54.6 Å². The van der Waals surface area contributed by atoms with Crippen molar-refractivity contribution in [3.63, 3.8) is 0 Å². The molecule has 3 nitrogen and oxygen atoms in total. The quantitative estimate of drug-likeness (QED) is 0.701. The molecule has 0 aliphatic rings. The molecular formula is C18H22IN2O+.